The second kappa shape index (κ2) is 8.88. The van der Waals surface area contributed by atoms with Crippen LogP contribution in [0.2, 0.25) is 0 Å². The number of ether oxygens (including phenoxy) is 1. The van der Waals surface area contributed by atoms with Gasteiger partial charge in [-0.15, -0.1) is 0 Å². The molecule has 2 N–H and O–H groups in total. The molecule has 1 aliphatic heterocycles. The highest BCUT2D eigenvalue weighted by Gasteiger charge is 2.40. The van der Waals surface area contributed by atoms with Crippen molar-refractivity contribution in [3.8, 4) is 11.5 Å². The molecule has 4 heterocycles. The number of nitrogens with one attached hydrogen (secondary N) is 1. The van der Waals surface area contributed by atoms with Crippen LogP contribution in [-0.4, -0.2) is 52.8 Å². The molecular formula is C27H27FN8O2. The minimum Gasteiger partial charge on any atom is -0.457 e. The fourth-order valence-corrected chi connectivity index (χ4v) is 4.74. The fraction of sp³-hybridized carbons (Fsp3) is 0.296. The first-order valence-corrected chi connectivity index (χ1v) is 12.3. The summed E-state index contributed by atoms with van der Waals surface area (Å²) < 4.78 is 23.4. The van der Waals surface area contributed by atoms with Gasteiger partial charge in [0, 0.05) is 25.2 Å². The Bertz CT molecular complexity index is 1680. The summed E-state index contributed by atoms with van der Waals surface area (Å²) in [6, 6.07) is 8.79. The third-order valence-corrected chi connectivity index (χ3v) is 6.97. The highest BCUT2D eigenvalue weighted by Crippen LogP contribution is 2.35. The number of hydrogen-bond donors (Lipinski definition) is 2. The van der Waals surface area contributed by atoms with Gasteiger partial charge in [0.15, 0.2) is 11.6 Å². The quantitative estimate of drug-likeness (QED) is 0.334. The van der Waals surface area contributed by atoms with Crippen LogP contribution in [0.25, 0.3) is 22.1 Å². The zero-order chi connectivity index (χ0) is 26.6. The molecule has 1 atom stereocenters. The Morgan fingerprint density at radius 3 is 2.71 bits per heavy atom. The molecule has 0 saturated carbocycles. The van der Waals surface area contributed by atoms with Crippen LogP contribution in [0.15, 0.2) is 49.2 Å². The Morgan fingerprint density at radius 1 is 1.11 bits per heavy atom. The molecule has 3 aromatic heterocycles. The number of hydrogen-bond acceptors (Lipinski definition) is 9. The molecule has 6 rings (SSSR count). The zero-order valence-corrected chi connectivity index (χ0v) is 21.5. The molecule has 11 heteroatoms. The summed E-state index contributed by atoms with van der Waals surface area (Å²) in [7, 11) is 1.92. The summed E-state index contributed by atoms with van der Waals surface area (Å²) in [5.74, 6) is 1.33. The minimum absolute atomic E-state index is 0.0907. The van der Waals surface area contributed by atoms with Gasteiger partial charge in [-0.2, -0.15) is 0 Å². The molecule has 194 valence electrons. The van der Waals surface area contributed by atoms with Crippen molar-refractivity contribution >= 4 is 39.5 Å². The van der Waals surface area contributed by atoms with Crippen molar-refractivity contribution in [1.82, 2.24) is 29.5 Å². The Morgan fingerprint density at radius 2 is 1.95 bits per heavy atom. The molecule has 0 spiro atoms. The molecule has 1 fully saturated rings. The molecule has 2 aromatic carbocycles. The Balaban J connectivity index is 1.28. The lowest BCUT2D eigenvalue weighted by molar-refractivity contribution is 0.0286. The summed E-state index contributed by atoms with van der Waals surface area (Å²) in [5, 5.41) is 13.5. The standard InChI is InChI=1S/C27H27FN8O2/c1-15-21(38-16-5-7-20-18(11-16)32-14-35(20)4)8-6-17(23(15)28)33-25-24-19(30-13-31-25)12-29-26(34-24)36-10-9-22(36)27(2,3)37/h5-8,11-14,22,37H,9-10H2,1-4H3,(H,30,31,33). The van der Waals surface area contributed by atoms with Crippen LogP contribution in [-0.2, 0) is 7.05 Å². The van der Waals surface area contributed by atoms with E-state index in [1.165, 1.54) is 6.33 Å². The average molecular weight is 515 g/mol. The summed E-state index contributed by atoms with van der Waals surface area (Å²) in [5.41, 5.74) is 2.44. The number of nitrogens with zero attached hydrogens (tertiary/aromatic N) is 7. The van der Waals surface area contributed by atoms with E-state index in [9.17, 15) is 5.11 Å². The van der Waals surface area contributed by atoms with Crippen LogP contribution in [0, 0.1) is 12.7 Å². The van der Waals surface area contributed by atoms with Crippen molar-refractivity contribution in [2.75, 3.05) is 16.8 Å². The third kappa shape index (κ3) is 4.14. The van der Waals surface area contributed by atoms with Crippen molar-refractivity contribution in [2.24, 2.45) is 7.05 Å². The number of benzene rings is 2. The Hall–Kier alpha value is -4.38. The Kier molecular flexibility index (Phi) is 5.60. The molecule has 1 aliphatic rings. The SMILES string of the molecule is Cc1c(Oc2ccc3c(c2)ncn3C)ccc(Nc2ncnc3cnc(N4CCC4C(C)(C)O)nc23)c1F. The topological polar surface area (TPSA) is 114 Å². The number of aliphatic hydroxyl groups is 1. The molecule has 0 amide bonds. The monoisotopic (exact) mass is 514 g/mol. The van der Waals surface area contributed by atoms with Gasteiger partial charge in [-0.1, -0.05) is 0 Å². The molecule has 1 saturated heterocycles. The lowest BCUT2D eigenvalue weighted by Crippen LogP contribution is -2.59. The second-order valence-electron chi connectivity index (χ2n) is 10.1. The van der Waals surface area contributed by atoms with Gasteiger partial charge in [0.1, 0.15) is 28.9 Å². The predicted octanol–water partition coefficient (Wildman–Crippen LogP) is 4.64. The van der Waals surface area contributed by atoms with Crippen molar-refractivity contribution in [3.63, 3.8) is 0 Å². The number of halogens is 1. The molecule has 0 bridgehead atoms. The number of rotatable bonds is 6. The second-order valence-corrected chi connectivity index (χ2v) is 10.1. The summed E-state index contributed by atoms with van der Waals surface area (Å²) >= 11 is 0. The van der Waals surface area contributed by atoms with E-state index in [-0.39, 0.29) is 11.7 Å². The van der Waals surface area contributed by atoms with E-state index in [2.05, 4.69) is 30.2 Å². The van der Waals surface area contributed by atoms with E-state index in [1.807, 2.05) is 34.7 Å². The van der Waals surface area contributed by atoms with Crippen molar-refractivity contribution < 1.29 is 14.2 Å². The molecule has 38 heavy (non-hydrogen) atoms. The number of fused-ring (bicyclic) bond motifs is 2. The number of anilines is 3. The first-order valence-electron chi connectivity index (χ1n) is 12.3. The first kappa shape index (κ1) is 24.0. The van der Waals surface area contributed by atoms with E-state index in [0.29, 0.717) is 39.9 Å². The first-order chi connectivity index (χ1) is 18.2. The van der Waals surface area contributed by atoms with Crippen LogP contribution in [0.1, 0.15) is 25.8 Å². The summed E-state index contributed by atoms with van der Waals surface area (Å²) in [6.07, 6.45) is 5.57. The van der Waals surface area contributed by atoms with Gasteiger partial charge in [-0.25, -0.2) is 29.3 Å². The number of aromatic nitrogens is 6. The molecule has 10 nitrogen and oxygen atoms in total. The van der Waals surface area contributed by atoms with Crippen LogP contribution >= 0.6 is 0 Å². The molecule has 0 aliphatic carbocycles. The highest BCUT2D eigenvalue weighted by atomic mass is 19.1. The minimum atomic E-state index is -0.890. The van der Waals surface area contributed by atoms with Gasteiger partial charge in [0.05, 0.1) is 40.9 Å². The Labute approximate surface area is 218 Å². The molecule has 5 aromatic rings. The van der Waals surface area contributed by atoms with Gasteiger partial charge >= 0.3 is 0 Å². The van der Waals surface area contributed by atoms with Gasteiger partial charge < -0.3 is 24.6 Å². The lowest BCUT2D eigenvalue weighted by Gasteiger charge is -2.47. The molecule has 0 radical (unpaired) electrons. The molecule has 1 unspecified atom stereocenters. The highest BCUT2D eigenvalue weighted by molar-refractivity contribution is 5.87. The van der Waals surface area contributed by atoms with Crippen molar-refractivity contribution in [1.29, 1.82) is 0 Å². The summed E-state index contributed by atoms with van der Waals surface area (Å²) in [4.78, 5) is 24.0. The van der Waals surface area contributed by atoms with Gasteiger partial charge in [-0.05, 0) is 51.5 Å². The van der Waals surface area contributed by atoms with E-state index < -0.39 is 11.4 Å². The maximum atomic E-state index is 15.5. The van der Waals surface area contributed by atoms with Gasteiger partial charge in [0.2, 0.25) is 5.95 Å². The van der Waals surface area contributed by atoms with Gasteiger partial charge in [0.25, 0.3) is 0 Å². The maximum absolute atomic E-state index is 15.5. The fourth-order valence-electron chi connectivity index (χ4n) is 4.74. The van der Waals surface area contributed by atoms with Crippen molar-refractivity contribution in [3.05, 3.63) is 60.6 Å². The summed E-state index contributed by atoms with van der Waals surface area (Å²) in [6.45, 7) is 5.94. The predicted molar refractivity (Wildman–Crippen MR) is 142 cm³/mol. The van der Waals surface area contributed by atoms with Crippen LogP contribution in [0.3, 0.4) is 0 Å². The smallest absolute Gasteiger partial charge is 0.226 e. The van der Waals surface area contributed by atoms with Crippen molar-refractivity contribution in [2.45, 2.75) is 38.8 Å². The largest absolute Gasteiger partial charge is 0.457 e. The van der Waals surface area contributed by atoms with Crippen LogP contribution < -0.4 is 15.0 Å². The zero-order valence-electron chi connectivity index (χ0n) is 21.5. The van der Waals surface area contributed by atoms with Crippen LogP contribution in [0.4, 0.5) is 21.8 Å². The number of imidazole rings is 1. The third-order valence-electron chi connectivity index (χ3n) is 6.97. The average Bonchev–Trinajstić information content (AvgIpc) is 3.22. The maximum Gasteiger partial charge on any atom is 0.226 e. The van der Waals surface area contributed by atoms with E-state index in [0.717, 1.165) is 24.0 Å². The van der Waals surface area contributed by atoms with E-state index in [4.69, 9.17) is 4.74 Å². The van der Waals surface area contributed by atoms with E-state index >= 15 is 4.39 Å². The van der Waals surface area contributed by atoms with Crippen LogP contribution in [0.5, 0.6) is 11.5 Å². The van der Waals surface area contributed by atoms with Gasteiger partial charge in [-0.3, -0.25) is 0 Å². The number of aryl methyl sites for hydroxylation is 1. The normalized spacial score (nSPS) is 15.6. The lowest BCUT2D eigenvalue weighted by atomic mass is 9.88. The van der Waals surface area contributed by atoms with E-state index in [1.54, 1.807) is 45.4 Å². The molecular weight excluding hydrogens is 487 g/mol.